The number of rotatable bonds is 5. The highest BCUT2D eigenvalue weighted by Gasteiger charge is 2.09. The molecule has 0 radical (unpaired) electrons. The van der Waals surface area contributed by atoms with Gasteiger partial charge in [0.15, 0.2) is 11.9 Å². The van der Waals surface area contributed by atoms with Gasteiger partial charge >= 0.3 is 0 Å². The molecule has 0 fully saturated rings. The highest BCUT2D eigenvalue weighted by atomic mass is 16.5. The van der Waals surface area contributed by atoms with Gasteiger partial charge < -0.3 is 10.1 Å². The third-order valence-electron chi connectivity index (χ3n) is 3.03. The molecule has 1 amide bonds. The fourth-order valence-corrected chi connectivity index (χ4v) is 1.70. The van der Waals surface area contributed by atoms with Gasteiger partial charge in [-0.3, -0.25) is 9.59 Å². The minimum atomic E-state index is -0.477. The maximum atomic E-state index is 12.0. The van der Waals surface area contributed by atoms with Gasteiger partial charge in [-0.1, -0.05) is 18.2 Å². The van der Waals surface area contributed by atoms with Gasteiger partial charge in [0, 0.05) is 11.3 Å². The monoisotopic (exact) mass is 283 g/mol. The molecule has 0 aliphatic heterocycles. The van der Waals surface area contributed by atoms with Crippen LogP contribution in [0.3, 0.4) is 0 Å². The minimum Gasteiger partial charge on any atom is -0.483 e. The summed E-state index contributed by atoms with van der Waals surface area (Å²) in [7, 11) is 0. The van der Waals surface area contributed by atoms with Gasteiger partial charge in [0.05, 0.1) is 0 Å². The molecule has 0 saturated carbocycles. The van der Waals surface area contributed by atoms with E-state index in [1.165, 1.54) is 6.92 Å². The van der Waals surface area contributed by atoms with Gasteiger partial charge in [0.25, 0.3) is 5.91 Å². The van der Waals surface area contributed by atoms with Crippen LogP contribution < -0.4 is 10.1 Å². The van der Waals surface area contributed by atoms with E-state index in [9.17, 15) is 9.59 Å². The molecular formula is C17H17NO3. The molecular weight excluding hydrogens is 266 g/mol. The first kappa shape index (κ1) is 14.8. The second-order valence-corrected chi connectivity index (χ2v) is 4.72. The van der Waals surface area contributed by atoms with Crippen LogP contribution >= 0.6 is 0 Å². The van der Waals surface area contributed by atoms with Crippen LogP contribution in [0.15, 0.2) is 54.6 Å². The molecule has 1 unspecified atom stereocenters. The average Bonchev–Trinajstić information content (AvgIpc) is 2.50. The first-order valence-electron chi connectivity index (χ1n) is 6.70. The summed E-state index contributed by atoms with van der Waals surface area (Å²) in [5, 5.41) is 2.80. The van der Waals surface area contributed by atoms with E-state index >= 15 is 0 Å². The number of amides is 1. The van der Waals surface area contributed by atoms with Crippen molar-refractivity contribution in [2.75, 3.05) is 5.32 Å². The van der Waals surface area contributed by atoms with E-state index in [1.54, 1.807) is 43.3 Å². The topological polar surface area (TPSA) is 55.4 Å². The number of hydrogen-bond donors (Lipinski definition) is 1. The third-order valence-corrected chi connectivity index (χ3v) is 3.03. The number of carbonyl (C=O) groups is 2. The molecule has 0 spiro atoms. The lowest BCUT2D eigenvalue weighted by Gasteiger charge is -2.12. The Morgan fingerprint density at radius 1 is 1.00 bits per heavy atom. The summed E-state index contributed by atoms with van der Waals surface area (Å²) < 4.78 is 5.46. The minimum absolute atomic E-state index is 0.0311. The normalized spacial score (nSPS) is 11.5. The molecule has 21 heavy (non-hydrogen) atoms. The predicted molar refractivity (Wildman–Crippen MR) is 81.6 cm³/mol. The van der Waals surface area contributed by atoms with E-state index in [2.05, 4.69) is 5.32 Å². The van der Waals surface area contributed by atoms with Crippen LogP contribution in [-0.2, 0) is 4.79 Å². The molecule has 2 aromatic carbocycles. The lowest BCUT2D eigenvalue weighted by atomic mass is 10.2. The first-order chi connectivity index (χ1) is 10.1. The fourth-order valence-electron chi connectivity index (χ4n) is 1.70. The lowest BCUT2D eigenvalue weighted by Crippen LogP contribution is -2.20. The molecule has 2 rings (SSSR count). The highest BCUT2D eigenvalue weighted by Crippen LogP contribution is 2.17. The molecule has 0 aromatic heterocycles. The molecule has 108 valence electrons. The molecule has 2 aromatic rings. The number of carbonyl (C=O) groups excluding carboxylic acids is 2. The number of ether oxygens (including phenoxy) is 1. The third kappa shape index (κ3) is 4.18. The largest absolute Gasteiger partial charge is 0.483 e. The molecule has 0 saturated heterocycles. The standard InChI is InChI=1S/C17H17NO3/c1-12(19)13(2)21-16-10-8-15(9-11-16)18-17(20)14-6-4-3-5-7-14/h3-11,13H,1-2H3,(H,18,20). The van der Waals surface area contributed by atoms with Crippen LogP contribution in [0.25, 0.3) is 0 Å². The Morgan fingerprint density at radius 3 is 2.19 bits per heavy atom. The molecule has 0 aliphatic carbocycles. The van der Waals surface area contributed by atoms with Crippen LogP contribution in [0.5, 0.6) is 5.75 Å². The van der Waals surface area contributed by atoms with E-state index in [0.717, 1.165) is 0 Å². The number of benzene rings is 2. The number of hydrogen-bond acceptors (Lipinski definition) is 3. The Morgan fingerprint density at radius 2 is 1.62 bits per heavy atom. The van der Waals surface area contributed by atoms with Crippen molar-refractivity contribution in [1.82, 2.24) is 0 Å². The zero-order valence-corrected chi connectivity index (χ0v) is 12.0. The Labute approximate surface area is 123 Å². The van der Waals surface area contributed by atoms with Gasteiger partial charge in [-0.2, -0.15) is 0 Å². The molecule has 4 nitrogen and oxygen atoms in total. The highest BCUT2D eigenvalue weighted by molar-refractivity contribution is 6.04. The van der Waals surface area contributed by atoms with Crippen molar-refractivity contribution < 1.29 is 14.3 Å². The second kappa shape index (κ2) is 6.70. The number of nitrogens with one attached hydrogen (secondary N) is 1. The Bertz CT molecular complexity index is 620. The predicted octanol–water partition coefficient (Wildman–Crippen LogP) is 3.30. The van der Waals surface area contributed by atoms with Gasteiger partial charge in [-0.05, 0) is 50.2 Å². The quantitative estimate of drug-likeness (QED) is 0.916. The van der Waals surface area contributed by atoms with Crippen molar-refractivity contribution in [2.45, 2.75) is 20.0 Å². The van der Waals surface area contributed by atoms with E-state index in [-0.39, 0.29) is 11.7 Å². The van der Waals surface area contributed by atoms with E-state index in [4.69, 9.17) is 4.74 Å². The number of ketones is 1. The molecule has 1 N–H and O–H groups in total. The van der Waals surface area contributed by atoms with Crippen LogP contribution in [0.4, 0.5) is 5.69 Å². The van der Waals surface area contributed by atoms with E-state index in [0.29, 0.717) is 17.0 Å². The average molecular weight is 283 g/mol. The van der Waals surface area contributed by atoms with Gasteiger partial charge in [-0.25, -0.2) is 0 Å². The van der Waals surface area contributed by atoms with Gasteiger partial charge in [-0.15, -0.1) is 0 Å². The maximum absolute atomic E-state index is 12.0. The summed E-state index contributed by atoms with van der Waals surface area (Å²) in [5.41, 5.74) is 1.27. The van der Waals surface area contributed by atoms with Crippen LogP contribution in [0.1, 0.15) is 24.2 Å². The summed E-state index contributed by atoms with van der Waals surface area (Å²) in [4.78, 5) is 23.1. The summed E-state index contributed by atoms with van der Waals surface area (Å²) in [6, 6.07) is 15.9. The van der Waals surface area contributed by atoms with Gasteiger partial charge in [0.1, 0.15) is 5.75 Å². The van der Waals surface area contributed by atoms with E-state index < -0.39 is 6.10 Å². The summed E-state index contributed by atoms with van der Waals surface area (Å²) in [6.45, 7) is 3.19. The number of anilines is 1. The fraction of sp³-hybridized carbons (Fsp3) is 0.176. The zero-order chi connectivity index (χ0) is 15.2. The molecule has 0 bridgehead atoms. The molecule has 0 heterocycles. The second-order valence-electron chi connectivity index (χ2n) is 4.72. The summed E-state index contributed by atoms with van der Waals surface area (Å²) in [5.74, 6) is 0.397. The SMILES string of the molecule is CC(=O)C(C)Oc1ccc(NC(=O)c2ccccc2)cc1. The van der Waals surface area contributed by atoms with Gasteiger partial charge in [0.2, 0.25) is 0 Å². The number of Topliss-reactive ketones (excluding diaryl/α,β-unsaturated/α-hetero) is 1. The maximum Gasteiger partial charge on any atom is 0.255 e. The molecule has 0 aliphatic rings. The first-order valence-corrected chi connectivity index (χ1v) is 6.70. The van der Waals surface area contributed by atoms with Crippen molar-refractivity contribution in [3.8, 4) is 5.75 Å². The smallest absolute Gasteiger partial charge is 0.255 e. The van der Waals surface area contributed by atoms with E-state index in [1.807, 2.05) is 18.2 Å². The zero-order valence-electron chi connectivity index (χ0n) is 12.0. The van der Waals surface area contributed by atoms with Crippen molar-refractivity contribution in [3.05, 3.63) is 60.2 Å². The summed E-state index contributed by atoms with van der Waals surface area (Å²) in [6.07, 6.45) is -0.477. The molecule has 4 heteroatoms. The van der Waals surface area contributed by atoms with Crippen molar-refractivity contribution in [2.24, 2.45) is 0 Å². The van der Waals surface area contributed by atoms with Crippen molar-refractivity contribution in [3.63, 3.8) is 0 Å². The van der Waals surface area contributed by atoms with Crippen LogP contribution in [-0.4, -0.2) is 17.8 Å². The van der Waals surface area contributed by atoms with Crippen molar-refractivity contribution >= 4 is 17.4 Å². The molecule has 1 atom stereocenters. The summed E-state index contributed by atoms with van der Waals surface area (Å²) >= 11 is 0. The Kier molecular flexibility index (Phi) is 4.72. The van der Waals surface area contributed by atoms with Crippen LogP contribution in [0, 0.1) is 0 Å². The van der Waals surface area contributed by atoms with Crippen molar-refractivity contribution in [1.29, 1.82) is 0 Å². The Hall–Kier alpha value is -2.62. The lowest BCUT2D eigenvalue weighted by molar-refractivity contribution is -0.122. The van der Waals surface area contributed by atoms with Crippen LogP contribution in [0.2, 0.25) is 0 Å². The Balaban J connectivity index is 2.00.